The van der Waals surface area contributed by atoms with E-state index >= 15 is 0 Å². The average molecular weight is 856 g/mol. The van der Waals surface area contributed by atoms with Gasteiger partial charge in [-0.15, -0.1) is 0 Å². The topological polar surface area (TPSA) is 51.2 Å². The average Bonchev–Trinajstić information content (AvgIpc) is 3.24. The third-order valence-corrected chi connectivity index (χ3v) is 13.8. The summed E-state index contributed by atoms with van der Waals surface area (Å²) in [5.41, 5.74) is 1.29. The largest absolute Gasteiger partial charge is 0.395 e. The van der Waals surface area contributed by atoms with Gasteiger partial charge in [0.15, 0.2) is 0 Å². The van der Waals surface area contributed by atoms with Gasteiger partial charge in [-0.2, -0.15) is 0 Å². The van der Waals surface area contributed by atoms with Crippen LogP contribution in [0.2, 0.25) is 13.1 Å². The predicted octanol–water partition coefficient (Wildman–Crippen LogP) is 16.2. The summed E-state index contributed by atoms with van der Waals surface area (Å²) < 4.78 is 19.6. The fraction of sp³-hybridized carbons (Fsp3) is 0.815. The first-order valence-electron chi connectivity index (χ1n) is 26.0. The smallest absolute Gasteiger partial charge is 0.333 e. The molecule has 1 rings (SSSR count). The highest BCUT2D eigenvalue weighted by Crippen LogP contribution is 2.20. The molecule has 0 aliphatic carbocycles. The second kappa shape index (κ2) is 43.0. The Bertz CT molecular complexity index is 1070. The van der Waals surface area contributed by atoms with Crippen molar-refractivity contribution in [3.63, 3.8) is 0 Å². The number of aliphatic hydroxyl groups excluding tert-OH is 1. The normalized spacial score (nSPS) is 13.4. The summed E-state index contributed by atoms with van der Waals surface area (Å²) in [6, 6.07) is 10.7. The molecule has 2 atom stereocenters. The lowest BCUT2D eigenvalue weighted by Crippen LogP contribution is -2.40. The first-order valence-corrected chi connectivity index (χ1v) is 28.8. The molecule has 0 aliphatic rings. The Kier molecular flexibility index (Phi) is 40.7. The van der Waals surface area contributed by atoms with Crippen LogP contribution in [0.3, 0.4) is 0 Å². The fourth-order valence-corrected chi connectivity index (χ4v) is 9.56. The maximum atomic E-state index is 10.00. The first kappa shape index (κ1) is 56.7. The standard InChI is InChI=1S/C54H101NO4Si/c1-6-8-10-12-14-16-18-20-22-24-26-28-30-32-35-42-48-57-54(46-40-33-31-29-27-25-23-21-19-17-15-13-11-9-7-2)59-60(4,5)58-49-43-36-34-41-47-55(3)53(51-56)50-52-44-38-37-39-45-52/h20-23,37-39,44-45,53-54,56H,6-19,24-36,40-43,46-51H2,1-5H3/b22-20-,23-21-/t53-,54?/m0/s1. The molecule has 0 fully saturated rings. The molecule has 0 saturated heterocycles. The number of likely N-dealkylation sites (N-methyl/N-ethyl adjacent to an activating group) is 1. The molecule has 0 amide bonds. The molecule has 350 valence electrons. The van der Waals surface area contributed by atoms with E-state index in [4.69, 9.17) is 13.6 Å². The van der Waals surface area contributed by atoms with E-state index < -0.39 is 8.56 Å². The van der Waals surface area contributed by atoms with Crippen LogP contribution in [-0.2, 0) is 20.0 Å². The van der Waals surface area contributed by atoms with Crippen molar-refractivity contribution < 1.29 is 18.7 Å². The van der Waals surface area contributed by atoms with Gasteiger partial charge >= 0.3 is 8.56 Å². The summed E-state index contributed by atoms with van der Waals surface area (Å²) in [5.74, 6) is 0. The summed E-state index contributed by atoms with van der Waals surface area (Å²) in [5, 5.41) is 10.00. The molecule has 0 spiro atoms. The van der Waals surface area contributed by atoms with Gasteiger partial charge in [0, 0.05) is 19.3 Å². The number of rotatable bonds is 46. The summed E-state index contributed by atoms with van der Waals surface area (Å²) >= 11 is 0. The SMILES string of the molecule is CCCCCCCC/C=C\CCCCCCCCOC(CCCCCCC/C=C\CCCCCCCC)O[Si](C)(C)OCCCCCCN(C)[C@H](CO)Cc1ccccc1. The van der Waals surface area contributed by atoms with Crippen LogP contribution in [0.4, 0.5) is 0 Å². The van der Waals surface area contributed by atoms with E-state index in [0.717, 1.165) is 64.7 Å². The summed E-state index contributed by atoms with van der Waals surface area (Å²) in [7, 11) is -0.160. The molecule has 0 heterocycles. The Morgan fingerprint density at radius 2 is 0.983 bits per heavy atom. The number of unbranched alkanes of at least 4 members (excludes halogenated alkanes) is 26. The van der Waals surface area contributed by atoms with Crippen LogP contribution < -0.4 is 0 Å². The van der Waals surface area contributed by atoms with Crippen molar-refractivity contribution in [2.75, 3.05) is 33.4 Å². The Balaban J connectivity index is 2.32. The zero-order valence-corrected chi connectivity index (χ0v) is 41.6. The second-order valence-electron chi connectivity index (χ2n) is 18.4. The lowest BCUT2D eigenvalue weighted by Gasteiger charge is -2.29. The quantitative estimate of drug-likeness (QED) is 0.0306. The molecule has 5 nitrogen and oxygen atoms in total. The summed E-state index contributed by atoms with van der Waals surface area (Å²) in [6.45, 7) is 11.7. The number of ether oxygens (including phenoxy) is 1. The van der Waals surface area contributed by atoms with Gasteiger partial charge in [-0.3, -0.25) is 0 Å². The zero-order valence-electron chi connectivity index (χ0n) is 40.6. The van der Waals surface area contributed by atoms with Crippen LogP contribution in [0.5, 0.6) is 0 Å². The highest BCUT2D eigenvalue weighted by molar-refractivity contribution is 6.64. The molecule has 0 aromatic heterocycles. The van der Waals surface area contributed by atoms with Crippen molar-refractivity contribution in [2.24, 2.45) is 0 Å². The number of aliphatic hydroxyl groups is 1. The van der Waals surface area contributed by atoms with Gasteiger partial charge in [-0.1, -0.05) is 190 Å². The van der Waals surface area contributed by atoms with E-state index in [0.29, 0.717) is 0 Å². The number of benzene rings is 1. The summed E-state index contributed by atoms with van der Waals surface area (Å²) in [4.78, 5) is 2.32. The minimum absolute atomic E-state index is 0.148. The van der Waals surface area contributed by atoms with Gasteiger partial charge in [-0.05, 0) is 122 Å². The number of hydrogen-bond acceptors (Lipinski definition) is 5. The maximum Gasteiger partial charge on any atom is 0.333 e. The molecule has 1 aromatic carbocycles. The van der Waals surface area contributed by atoms with Crippen LogP contribution in [0, 0.1) is 0 Å². The monoisotopic (exact) mass is 856 g/mol. The fourth-order valence-electron chi connectivity index (χ4n) is 8.04. The molecule has 0 saturated carbocycles. The van der Waals surface area contributed by atoms with Gasteiger partial charge in [-0.25, -0.2) is 0 Å². The van der Waals surface area contributed by atoms with Crippen LogP contribution in [0.1, 0.15) is 225 Å². The Morgan fingerprint density at radius 1 is 0.550 bits per heavy atom. The van der Waals surface area contributed by atoms with E-state index in [1.54, 1.807) is 0 Å². The molecule has 1 aromatic rings. The van der Waals surface area contributed by atoms with Gasteiger partial charge in [0.1, 0.15) is 6.29 Å². The van der Waals surface area contributed by atoms with E-state index in [1.807, 2.05) is 0 Å². The lowest BCUT2D eigenvalue weighted by molar-refractivity contribution is -0.104. The minimum Gasteiger partial charge on any atom is -0.395 e. The highest BCUT2D eigenvalue weighted by Gasteiger charge is 2.29. The molecule has 60 heavy (non-hydrogen) atoms. The Hall–Kier alpha value is -1.28. The predicted molar refractivity (Wildman–Crippen MR) is 265 cm³/mol. The molecule has 0 aliphatic heterocycles. The first-order chi connectivity index (χ1) is 29.4. The molecular weight excluding hydrogens is 755 g/mol. The van der Waals surface area contributed by atoms with Crippen molar-refractivity contribution >= 4 is 8.56 Å². The molecule has 1 unspecified atom stereocenters. The molecule has 0 bridgehead atoms. The Labute approximate surface area is 375 Å². The molecule has 1 N–H and O–H groups in total. The summed E-state index contributed by atoms with van der Waals surface area (Å²) in [6.07, 6.45) is 51.6. The van der Waals surface area contributed by atoms with E-state index in [9.17, 15) is 5.11 Å². The minimum atomic E-state index is -2.31. The van der Waals surface area contributed by atoms with Gasteiger partial charge in [0.2, 0.25) is 0 Å². The van der Waals surface area contributed by atoms with Crippen molar-refractivity contribution in [3.8, 4) is 0 Å². The van der Waals surface area contributed by atoms with Gasteiger partial charge < -0.3 is 23.6 Å². The number of hydrogen-bond donors (Lipinski definition) is 1. The third-order valence-electron chi connectivity index (χ3n) is 12.1. The van der Waals surface area contributed by atoms with Crippen molar-refractivity contribution in [1.29, 1.82) is 0 Å². The number of nitrogens with zero attached hydrogens (tertiary/aromatic N) is 1. The van der Waals surface area contributed by atoms with Crippen LogP contribution in [0.15, 0.2) is 54.6 Å². The van der Waals surface area contributed by atoms with E-state index in [2.05, 4.69) is 93.5 Å². The van der Waals surface area contributed by atoms with E-state index in [-0.39, 0.29) is 18.9 Å². The van der Waals surface area contributed by atoms with Crippen molar-refractivity contribution in [3.05, 3.63) is 60.2 Å². The van der Waals surface area contributed by atoms with Gasteiger partial charge in [0.05, 0.1) is 6.61 Å². The number of allylic oxidation sites excluding steroid dienone is 4. The molecular formula is C54H101NO4Si. The van der Waals surface area contributed by atoms with Gasteiger partial charge in [0.25, 0.3) is 0 Å². The van der Waals surface area contributed by atoms with Crippen molar-refractivity contribution in [2.45, 2.75) is 251 Å². The third kappa shape index (κ3) is 37.3. The van der Waals surface area contributed by atoms with Crippen LogP contribution >= 0.6 is 0 Å². The molecule has 6 heteroatoms. The van der Waals surface area contributed by atoms with Crippen LogP contribution in [-0.4, -0.2) is 64.3 Å². The molecule has 0 radical (unpaired) electrons. The highest BCUT2D eigenvalue weighted by atomic mass is 28.4. The Morgan fingerprint density at radius 3 is 1.48 bits per heavy atom. The second-order valence-corrected chi connectivity index (χ2v) is 21.7. The lowest BCUT2D eigenvalue weighted by atomic mass is 10.1. The van der Waals surface area contributed by atoms with E-state index in [1.165, 1.54) is 173 Å². The zero-order chi connectivity index (χ0) is 43.5. The van der Waals surface area contributed by atoms with Crippen LogP contribution in [0.25, 0.3) is 0 Å². The maximum absolute atomic E-state index is 10.00. The van der Waals surface area contributed by atoms with Crippen molar-refractivity contribution in [1.82, 2.24) is 4.90 Å².